The first-order chi connectivity index (χ1) is 8.71. The Bertz CT molecular complexity index is 244. The molecule has 0 saturated carbocycles. The van der Waals surface area contributed by atoms with E-state index in [1.54, 1.807) is 0 Å². The van der Waals surface area contributed by atoms with Crippen LogP contribution in [-0.2, 0) is 9.53 Å². The van der Waals surface area contributed by atoms with Gasteiger partial charge >= 0.3 is 0 Å². The van der Waals surface area contributed by atoms with Gasteiger partial charge in [0.05, 0.1) is 19.3 Å². The van der Waals surface area contributed by atoms with Crippen molar-refractivity contribution in [3.05, 3.63) is 0 Å². The summed E-state index contributed by atoms with van der Waals surface area (Å²) >= 11 is 0. The van der Waals surface area contributed by atoms with E-state index in [1.807, 2.05) is 18.7 Å². The van der Waals surface area contributed by atoms with E-state index in [2.05, 4.69) is 17.1 Å². The lowest BCUT2D eigenvalue weighted by Crippen LogP contribution is -2.48. The van der Waals surface area contributed by atoms with Crippen molar-refractivity contribution < 1.29 is 9.53 Å². The Hall–Kier alpha value is -0.650. The van der Waals surface area contributed by atoms with Crippen molar-refractivity contribution in [1.29, 1.82) is 0 Å². The van der Waals surface area contributed by atoms with Gasteiger partial charge in [-0.25, -0.2) is 0 Å². The number of nitrogens with zero attached hydrogens (tertiary/aromatic N) is 2. The van der Waals surface area contributed by atoms with Gasteiger partial charge in [0.1, 0.15) is 0 Å². The van der Waals surface area contributed by atoms with E-state index < -0.39 is 0 Å². The maximum Gasteiger partial charge on any atom is 0.236 e. The quantitative estimate of drug-likeness (QED) is 0.706. The van der Waals surface area contributed by atoms with Crippen LogP contribution in [0.1, 0.15) is 20.8 Å². The van der Waals surface area contributed by atoms with E-state index in [1.165, 1.54) is 0 Å². The average molecular weight is 257 g/mol. The number of hydrogen-bond donors (Lipinski definition) is 1. The van der Waals surface area contributed by atoms with Gasteiger partial charge in [-0.3, -0.25) is 9.69 Å². The molecule has 1 unspecified atom stereocenters. The summed E-state index contributed by atoms with van der Waals surface area (Å²) in [7, 11) is 0. The first kappa shape index (κ1) is 15.4. The second-order valence-electron chi connectivity index (χ2n) is 4.58. The second-order valence-corrected chi connectivity index (χ2v) is 4.58. The lowest BCUT2D eigenvalue weighted by Gasteiger charge is -2.32. The number of morpholine rings is 1. The topological polar surface area (TPSA) is 44.8 Å². The number of rotatable bonds is 7. The van der Waals surface area contributed by atoms with Crippen LogP contribution in [0.2, 0.25) is 0 Å². The standard InChI is InChI=1S/C13H27N3O2/c1-4-15-7-8-18-12(11-15)9-14-10-13(17)16(5-2)6-3/h12,14H,4-11H2,1-3H3. The molecule has 0 radical (unpaired) electrons. The molecule has 5 heteroatoms. The molecule has 5 nitrogen and oxygen atoms in total. The van der Waals surface area contributed by atoms with Gasteiger partial charge in [-0.15, -0.1) is 0 Å². The number of hydrogen-bond acceptors (Lipinski definition) is 4. The molecule has 0 aromatic rings. The third-order valence-corrected chi connectivity index (χ3v) is 3.43. The highest BCUT2D eigenvalue weighted by molar-refractivity contribution is 5.78. The predicted octanol–water partition coefficient (Wildman–Crippen LogP) is 0.165. The van der Waals surface area contributed by atoms with Gasteiger partial charge in [0.2, 0.25) is 5.91 Å². The monoisotopic (exact) mass is 257 g/mol. The number of carbonyl (C=O) groups is 1. The molecule has 106 valence electrons. The van der Waals surface area contributed by atoms with Crippen molar-refractivity contribution in [1.82, 2.24) is 15.1 Å². The first-order valence-corrected chi connectivity index (χ1v) is 7.03. The summed E-state index contributed by atoms with van der Waals surface area (Å²) in [5.74, 6) is 0.170. The number of ether oxygens (including phenoxy) is 1. The smallest absolute Gasteiger partial charge is 0.236 e. The summed E-state index contributed by atoms with van der Waals surface area (Å²) in [6.45, 7) is 12.7. The van der Waals surface area contributed by atoms with E-state index >= 15 is 0 Å². The second kappa shape index (κ2) is 8.45. The summed E-state index contributed by atoms with van der Waals surface area (Å²) < 4.78 is 5.68. The fourth-order valence-electron chi connectivity index (χ4n) is 2.22. The molecule has 1 atom stereocenters. The van der Waals surface area contributed by atoms with Gasteiger partial charge in [0.15, 0.2) is 0 Å². The minimum atomic E-state index is 0.170. The van der Waals surface area contributed by atoms with Crippen molar-refractivity contribution in [2.45, 2.75) is 26.9 Å². The lowest BCUT2D eigenvalue weighted by atomic mass is 10.2. The van der Waals surface area contributed by atoms with E-state index in [-0.39, 0.29) is 12.0 Å². The Morgan fingerprint density at radius 1 is 1.39 bits per heavy atom. The van der Waals surface area contributed by atoms with E-state index in [9.17, 15) is 4.79 Å². The van der Waals surface area contributed by atoms with Gasteiger partial charge in [-0.1, -0.05) is 6.92 Å². The molecule has 18 heavy (non-hydrogen) atoms. The summed E-state index contributed by atoms with van der Waals surface area (Å²) in [6.07, 6.45) is 0.211. The van der Waals surface area contributed by atoms with Crippen molar-refractivity contribution >= 4 is 5.91 Å². The zero-order valence-electron chi connectivity index (χ0n) is 11.9. The molecule has 1 fully saturated rings. The number of likely N-dealkylation sites (N-methyl/N-ethyl adjacent to an activating group) is 2. The third kappa shape index (κ3) is 4.92. The van der Waals surface area contributed by atoms with Gasteiger partial charge in [0.25, 0.3) is 0 Å². The van der Waals surface area contributed by atoms with Gasteiger partial charge < -0.3 is 15.0 Å². The Labute approximate surface area is 110 Å². The largest absolute Gasteiger partial charge is 0.374 e. The average Bonchev–Trinajstić information content (AvgIpc) is 2.40. The Morgan fingerprint density at radius 2 is 2.11 bits per heavy atom. The highest BCUT2D eigenvalue weighted by Crippen LogP contribution is 2.03. The van der Waals surface area contributed by atoms with Gasteiger partial charge in [0, 0.05) is 32.7 Å². The van der Waals surface area contributed by atoms with Crippen LogP contribution in [-0.4, -0.2) is 74.2 Å². The number of amides is 1. The van der Waals surface area contributed by atoms with Crippen LogP contribution in [0.5, 0.6) is 0 Å². The molecule has 1 amide bonds. The summed E-state index contributed by atoms with van der Waals surface area (Å²) in [4.78, 5) is 16.0. The molecule has 1 N–H and O–H groups in total. The maximum atomic E-state index is 11.8. The Kier molecular flexibility index (Phi) is 7.23. The van der Waals surface area contributed by atoms with E-state index in [0.717, 1.165) is 45.9 Å². The Morgan fingerprint density at radius 3 is 2.72 bits per heavy atom. The van der Waals surface area contributed by atoms with E-state index in [4.69, 9.17) is 4.74 Å². The predicted molar refractivity (Wildman–Crippen MR) is 72.7 cm³/mol. The molecular formula is C13H27N3O2. The molecule has 1 saturated heterocycles. The maximum absolute atomic E-state index is 11.8. The van der Waals surface area contributed by atoms with Crippen LogP contribution in [0.4, 0.5) is 0 Å². The zero-order chi connectivity index (χ0) is 13.4. The molecule has 1 aliphatic heterocycles. The molecule has 0 aliphatic carbocycles. The summed E-state index contributed by atoms with van der Waals surface area (Å²) in [5, 5.41) is 3.21. The van der Waals surface area contributed by atoms with Gasteiger partial charge in [-0.05, 0) is 20.4 Å². The van der Waals surface area contributed by atoms with Gasteiger partial charge in [-0.2, -0.15) is 0 Å². The van der Waals surface area contributed by atoms with Crippen molar-refractivity contribution in [3.63, 3.8) is 0 Å². The first-order valence-electron chi connectivity index (χ1n) is 7.03. The minimum Gasteiger partial charge on any atom is -0.374 e. The highest BCUT2D eigenvalue weighted by atomic mass is 16.5. The molecule has 0 spiro atoms. The highest BCUT2D eigenvalue weighted by Gasteiger charge is 2.19. The van der Waals surface area contributed by atoms with Crippen molar-refractivity contribution in [2.24, 2.45) is 0 Å². The Balaban J connectivity index is 2.19. The molecule has 0 bridgehead atoms. The molecule has 0 aromatic carbocycles. The van der Waals surface area contributed by atoms with Crippen LogP contribution in [0.15, 0.2) is 0 Å². The number of nitrogens with one attached hydrogen (secondary N) is 1. The van der Waals surface area contributed by atoms with Crippen LogP contribution < -0.4 is 5.32 Å². The molecular weight excluding hydrogens is 230 g/mol. The third-order valence-electron chi connectivity index (χ3n) is 3.43. The zero-order valence-corrected chi connectivity index (χ0v) is 11.9. The van der Waals surface area contributed by atoms with Crippen LogP contribution in [0, 0.1) is 0 Å². The fraction of sp³-hybridized carbons (Fsp3) is 0.923. The molecule has 1 rings (SSSR count). The van der Waals surface area contributed by atoms with Crippen LogP contribution >= 0.6 is 0 Å². The molecule has 1 aliphatic rings. The molecule has 0 aromatic heterocycles. The number of carbonyl (C=O) groups excluding carboxylic acids is 1. The van der Waals surface area contributed by atoms with Crippen LogP contribution in [0.25, 0.3) is 0 Å². The SMILES string of the molecule is CCN1CCOC(CNCC(=O)N(CC)CC)C1. The summed E-state index contributed by atoms with van der Waals surface area (Å²) in [6, 6.07) is 0. The van der Waals surface area contributed by atoms with E-state index in [0.29, 0.717) is 6.54 Å². The minimum absolute atomic E-state index is 0.170. The molecule has 1 heterocycles. The van der Waals surface area contributed by atoms with Crippen molar-refractivity contribution in [3.8, 4) is 0 Å². The lowest BCUT2D eigenvalue weighted by molar-refractivity contribution is -0.130. The fourth-order valence-corrected chi connectivity index (χ4v) is 2.22. The normalized spacial score (nSPS) is 20.9. The summed E-state index contributed by atoms with van der Waals surface area (Å²) in [5.41, 5.74) is 0. The van der Waals surface area contributed by atoms with Crippen LogP contribution in [0.3, 0.4) is 0 Å². The van der Waals surface area contributed by atoms with Crippen molar-refractivity contribution in [2.75, 3.05) is 52.4 Å².